The maximum atomic E-state index is 14.1. The molecule has 0 unspecified atom stereocenters. The summed E-state index contributed by atoms with van der Waals surface area (Å²) in [6.07, 6.45) is 1.01. The lowest BCUT2D eigenvalue weighted by Gasteiger charge is -2.15. The van der Waals surface area contributed by atoms with Crippen LogP contribution in [0.1, 0.15) is 17.5 Å². The molecule has 0 fully saturated rings. The van der Waals surface area contributed by atoms with E-state index in [2.05, 4.69) is 10.3 Å². The molecule has 0 amide bonds. The first-order chi connectivity index (χ1) is 10.7. The monoisotopic (exact) mass is 318 g/mol. The van der Waals surface area contributed by atoms with Crippen LogP contribution in [0.25, 0.3) is 0 Å². The third-order valence-electron chi connectivity index (χ3n) is 3.41. The van der Waals surface area contributed by atoms with Crippen LogP contribution in [0.2, 0.25) is 5.02 Å². The topological polar surface area (TPSA) is 33.6 Å². The number of hydrogen-bond acceptors (Lipinski definition) is 3. The lowest BCUT2D eigenvalue weighted by molar-refractivity contribution is 0.290. The Bertz CT molecular complexity index is 686. The van der Waals surface area contributed by atoms with E-state index in [1.165, 1.54) is 6.07 Å². The maximum absolute atomic E-state index is 14.1. The van der Waals surface area contributed by atoms with Crippen molar-refractivity contribution in [3.05, 3.63) is 64.4 Å². The molecule has 0 bridgehead atoms. The van der Waals surface area contributed by atoms with E-state index in [4.69, 9.17) is 16.3 Å². The van der Waals surface area contributed by atoms with Crippen LogP contribution in [0, 0.1) is 5.82 Å². The first-order valence-electron chi connectivity index (χ1n) is 7.18. The molecule has 1 aliphatic rings. The molecule has 1 aliphatic heterocycles. The predicted molar refractivity (Wildman–Crippen MR) is 86.2 cm³/mol. The summed E-state index contributed by atoms with van der Waals surface area (Å²) in [5.41, 5.74) is 1.68. The zero-order valence-corrected chi connectivity index (χ0v) is 12.7. The van der Waals surface area contributed by atoms with Crippen LogP contribution in [0.15, 0.2) is 47.5 Å². The Morgan fingerprint density at radius 2 is 2.00 bits per heavy atom. The van der Waals surface area contributed by atoms with E-state index in [0.717, 1.165) is 36.5 Å². The van der Waals surface area contributed by atoms with Crippen LogP contribution in [-0.4, -0.2) is 18.9 Å². The SMILES string of the molecule is Fc1cc(C2=NCCCN2)ccc1OCc1ccc(Cl)cc1. The second-order valence-electron chi connectivity index (χ2n) is 5.07. The highest BCUT2D eigenvalue weighted by atomic mass is 35.5. The maximum Gasteiger partial charge on any atom is 0.165 e. The number of benzene rings is 2. The second-order valence-corrected chi connectivity index (χ2v) is 5.51. The Hall–Kier alpha value is -2.07. The van der Waals surface area contributed by atoms with Gasteiger partial charge in [-0.2, -0.15) is 0 Å². The van der Waals surface area contributed by atoms with Crippen molar-refractivity contribution in [3.63, 3.8) is 0 Å². The first kappa shape index (κ1) is 14.9. The Morgan fingerprint density at radius 3 is 2.68 bits per heavy atom. The fourth-order valence-electron chi connectivity index (χ4n) is 2.23. The van der Waals surface area contributed by atoms with Gasteiger partial charge in [0.25, 0.3) is 0 Å². The van der Waals surface area contributed by atoms with Gasteiger partial charge in [0.2, 0.25) is 0 Å². The molecule has 3 rings (SSSR count). The summed E-state index contributed by atoms with van der Waals surface area (Å²) >= 11 is 5.83. The number of amidine groups is 1. The van der Waals surface area contributed by atoms with Gasteiger partial charge >= 0.3 is 0 Å². The molecule has 0 radical (unpaired) electrons. The van der Waals surface area contributed by atoms with Crippen LogP contribution in [0.5, 0.6) is 5.75 Å². The second kappa shape index (κ2) is 6.79. The van der Waals surface area contributed by atoms with Gasteiger partial charge in [-0.1, -0.05) is 23.7 Å². The van der Waals surface area contributed by atoms with Crippen molar-refractivity contribution in [3.8, 4) is 5.75 Å². The standard InChI is InChI=1S/C17H16ClFN2O/c18-14-5-2-12(3-6-14)11-22-16-7-4-13(10-15(16)19)17-20-8-1-9-21-17/h2-7,10H,1,8-9,11H2,(H,20,21). The zero-order valence-electron chi connectivity index (χ0n) is 12.0. The fraction of sp³-hybridized carbons (Fsp3) is 0.235. The third-order valence-corrected chi connectivity index (χ3v) is 3.66. The molecule has 5 heteroatoms. The number of ether oxygens (including phenoxy) is 1. The number of hydrogen-bond donors (Lipinski definition) is 1. The van der Waals surface area contributed by atoms with Crippen LogP contribution in [0.4, 0.5) is 4.39 Å². The molecule has 1 N–H and O–H groups in total. The minimum atomic E-state index is -0.387. The van der Waals surface area contributed by atoms with Gasteiger partial charge in [0.15, 0.2) is 11.6 Å². The van der Waals surface area contributed by atoms with Gasteiger partial charge < -0.3 is 10.1 Å². The molecule has 3 nitrogen and oxygen atoms in total. The number of nitrogens with one attached hydrogen (secondary N) is 1. The molecule has 1 heterocycles. The summed E-state index contributed by atoms with van der Waals surface area (Å²) < 4.78 is 19.7. The van der Waals surface area contributed by atoms with Crippen molar-refractivity contribution < 1.29 is 9.13 Å². The molecular formula is C17H16ClFN2O. The average Bonchev–Trinajstić information content (AvgIpc) is 2.56. The van der Waals surface area contributed by atoms with E-state index >= 15 is 0 Å². The van der Waals surface area contributed by atoms with Gasteiger partial charge in [-0.25, -0.2) is 4.39 Å². The van der Waals surface area contributed by atoms with Gasteiger partial charge in [-0.15, -0.1) is 0 Å². The van der Waals surface area contributed by atoms with Crippen LogP contribution in [-0.2, 0) is 6.61 Å². The van der Waals surface area contributed by atoms with Crippen molar-refractivity contribution in [2.45, 2.75) is 13.0 Å². The summed E-state index contributed by atoms with van der Waals surface area (Å²) in [7, 11) is 0. The molecule has 114 valence electrons. The van der Waals surface area contributed by atoms with Crippen molar-refractivity contribution in [2.24, 2.45) is 4.99 Å². The summed E-state index contributed by atoms with van der Waals surface area (Å²) in [6.45, 7) is 1.95. The van der Waals surface area contributed by atoms with Gasteiger partial charge in [-0.3, -0.25) is 4.99 Å². The summed E-state index contributed by atoms with van der Waals surface area (Å²) in [6, 6.07) is 12.2. The number of aliphatic imine (C=N–C) groups is 1. The van der Waals surface area contributed by atoms with E-state index < -0.39 is 0 Å². The summed E-state index contributed by atoms with van der Waals surface area (Å²) in [5, 5.41) is 3.84. The van der Waals surface area contributed by atoms with Gasteiger partial charge in [0.1, 0.15) is 12.4 Å². The lowest BCUT2D eigenvalue weighted by atomic mass is 10.1. The van der Waals surface area contributed by atoms with Crippen molar-refractivity contribution in [2.75, 3.05) is 13.1 Å². The lowest BCUT2D eigenvalue weighted by Crippen LogP contribution is -2.30. The van der Waals surface area contributed by atoms with Crippen LogP contribution in [0.3, 0.4) is 0 Å². The number of halogens is 2. The molecule has 0 aromatic heterocycles. The van der Waals surface area contributed by atoms with Crippen LogP contribution < -0.4 is 10.1 Å². The molecule has 0 aliphatic carbocycles. The average molecular weight is 319 g/mol. The van der Waals surface area contributed by atoms with Gasteiger partial charge in [0.05, 0.1) is 0 Å². The van der Waals surface area contributed by atoms with E-state index in [1.54, 1.807) is 18.2 Å². The Kier molecular flexibility index (Phi) is 4.59. The normalized spacial score (nSPS) is 14.2. The van der Waals surface area contributed by atoms with Crippen LogP contribution >= 0.6 is 11.6 Å². The highest BCUT2D eigenvalue weighted by molar-refractivity contribution is 6.30. The molecule has 2 aromatic carbocycles. The molecule has 0 saturated heterocycles. The Morgan fingerprint density at radius 1 is 1.18 bits per heavy atom. The third kappa shape index (κ3) is 3.57. The summed E-state index contributed by atoms with van der Waals surface area (Å²) in [4.78, 5) is 4.36. The smallest absolute Gasteiger partial charge is 0.165 e. The van der Waals surface area contributed by atoms with Crippen molar-refractivity contribution >= 4 is 17.4 Å². The van der Waals surface area contributed by atoms with Crippen molar-refractivity contribution in [1.82, 2.24) is 5.32 Å². The minimum Gasteiger partial charge on any atom is -0.486 e. The van der Waals surface area contributed by atoms with Crippen molar-refractivity contribution in [1.29, 1.82) is 0 Å². The number of rotatable bonds is 4. The van der Waals surface area contributed by atoms with E-state index in [1.807, 2.05) is 18.2 Å². The fourth-order valence-corrected chi connectivity index (χ4v) is 2.36. The molecule has 2 aromatic rings. The molecule has 0 atom stereocenters. The highest BCUT2D eigenvalue weighted by Crippen LogP contribution is 2.20. The number of nitrogens with zero attached hydrogens (tertiary/aromatic N) is 1. The zero-order chi connectivity index (χ0) is 15.4. The molecule has 0 saturated carbocycles. The quantitative estimate of drug-likeness (QED) is 0.930. The van der Waals surface area contributed by atoms with E-state index in [-0.39, 0.29) is 11.6 Å². The van der Waals surface area contributed by atoms with Gasteiger partial charge in [0, 0.05) is 23.7 Å². The molecule has 22 heavy (non-hydrogen) atoms. The minimum absolute atomic E-state index is 0.232. The van der Waals surface area contributed by atoms with E-state index in [0.29, 0.717) is 11.6 Å². The first-order valence-corrected chi connectivity index (χ1v) is 7.56. The predicted octanol–water partition coefficient (Wildman–Crippen LogP) is 3.80. The summed E-state index contributed by atoms with van der Waals surface area (Å²) in [5.74, 6) is 0.589. The van der Waals surface area contributed by atoms with E-state index in [9.17, 15) is 4.39 Å². The Labute approximate surface area is 133 Å². The highest BCUT2D eigenvalue weighted by Gasteiger charge is 2.11. The Balaban J connectivity index is 1.69. The molecule has 0 spiro atoms. The van der Waals surface area contributed by atoms with Gasteiger partial charge in [-0.05, 0) is 42.3 Å². The molecular weight excluding hydrogens is 303 g/mol. The largest absolute Gasteiger partial charge is 0.486 e.